The molecule has 2 heterocycles. The van der Waals surface area contributed by atoms with Crippen molar-refractivity contribution in [1.29, 1.82) is 0 Å². The molecule has 1 aliphatic rings. The Bertz CT molecular complexity index is 1200. The van der Waals surface area contributed by atoms with Gasteiger partial charge < -0.3 is 16.0 Å². The molecule has 0 unspecified atom stereocenters. The minimum Gasteiger partial charge on any atom is -0.370 e. The Morgan fingerprint density at radius 1 is 1.06 bits per heavy atom. The number of fused-ring (bicyclic) bond motifs is 1. The van der Waals surface area contributed by atoms with Crippen LogP contribution in [0.15, 0.2) is 66.9 Å². The van der Waals surface area contributed by atoms with Crippen molar-refractivity contribution < 1.29 is 22.8 Å². The number of benzene rings is 2. The van der Waals surface area contributed by atoms with Crippen molar-refractivity contribution in [2.75, 3.05) is 6.54 Å². The predicted octanol–water partition coefficient (Wildman–Crippen LogP) is 4.84. The maximum absolute atomic E-state index is 13.1. The second-order valence-corrected chi connectivity index (χ2v) is 8.46. The van der Waals surface area contributed by atoms with Crippen LogP contribution in [0, 0.1) is 0 Å². The fourth-order valence-electron chi connectivity index (χ4n) is 4.26. The Morgan fingerprint density at radius 3 is 2.43 bits per heavy atom. The molecule has 0 spiro atoms. The zero-order valence-corrected chi connectivity index (χ0v) is 18.9. The largest absolute Gasteiger partial charge is 0.416 e. The number of nitrogens with two attached hydrogens (primary N) is 1. The number of primary amides is 1. The Morgan fingerprint density at radius 2 is 1.77 bits per heavy atom. The van der Waals surface area contributed by atoms with Crippen LogP contribution in [-0.2, 0) is 23.9 Å². The maximum atomic E-state index is 13.1. The van der Waals surface area contributed by atoms with E-state index in [1.807, 2.05) is 36.4 Å². The van der Waals surface area contributed by atoms with Gasteiger partial charge in [0.2, 0.25) is 5.91 Å². The number of rotatable bonds is 6. The molecule has 0 fully saturated rings. The molecule has 0 aliphatic carbocycles. The zero-order valence-electron chi connectivity index (χ0n) is 18.9. The van der Waals surface area contributed by atoms with E-state index in [9.17, 15) is 22.8 Å². The van der Waals surface area contributed by atoms with Gasteiger partial charge in [0.05, 0.1) is 17.3 Å². The molecule has 0 bridgehead atoms. The Labute approximate surface area is 201 Å². The van der Waals surface area contributed by atoms with Crippen LogP contribution in [0.4, 0.5) is 18.0 Å². The Hall–Kier alpha value is -3.88. The summed E-state index contributed by atoms with van der Waals surface area (Å²) in [6.07, 6.45) is -1.75. The first-order valence-corrected chi connectivity index (χ1v) is 11.3. The van der Waals surface area contributed by atoms with Gasteiger partial charge >= 0.3 is 12.2 Å². The Balaban J connectivity index is 1.50. The molecule has 6 nitrogen and oxygen atoms in total. The molecule has 0 radical (unpaired) electrons. The van der Waals surface area contributed by atoms with Gasteiger partial charge in [0.1, 0.15) is 0 Å². The second-order valence-electron chi connectivity index (χ2n) is 8.46. The van der Waals surface area contributed by atoms with Crippen molar-refractivity contribution in [2.45, 2.75) is 38.0 Å². The van der Waals surface area contributed by atoms with Gasteiger partial charge in [-0.3, -0.25) is 9.78 Å². The number of alkyl halides is 3. The number of nitrogens with one attached hydrogen (secondary N) is 1. The summed E-state index contributed by atoms with van der Waals surface area (Å²) in [6, 6.07) is 15.5. The normalized spacial score (nSPS) is 14.2. The van der Waals surface area contributed by atoms with Crippen LogP contribution in [0.25, 0.3) is 11.3 Å². The third kappa shape index (κ3) is 5.79. The van der Waals surface area contributed by atoms with Crippen molar-refractivity contribution in [1.82, 2.24) is 15.2 Å². The molecular weight excluding hydrogens is 457 g/mol. The molecule has 0 saturated carbocycles. The van der Waals surface area contributed by atoms with Crippen LogP contribution in [0.5, 0.6) is 0 Å². The maximum Gasteiger partial charge on any atom is 0.416 e. The average molecular weight is 483 g/mol. The van der Waals surface area contributed by atoms with Crippen LogP contribution in [0.3, 0.4) is 0 Å². The summed E-state index contributed by atoms with van der Waals surface area (Å²) < 4.78 is 38.8. The summed E-state index contributed by atoms with van der Waals surface area (Å²) in [4.78, 5) is 30.5. The summed E-state index contributed by atoms with van der Waals surface area (Å²) in [5.74, 6) is -0.435. The minimum atomic E-state index is -4.40. The first-order chi connectivity index (χ1) is 16.7. The highest BCUT2D eigenvalue weighted by molar-refractivity contribution is 5.76. The predicted molar refractivity (Wildman–Crippen MR) is 125 cm³/mol. The standard InChI is InChI=1S/C26H25F3N4O2/c27-26(28,29)20-8-6-18(7-9-20)24-21-13-15-33(16-19(21)12-14-31-24)25(35)32-22(10-11-23(30)34)17-4-2-1-3-5-17/h1-9,12,14,22H,10-11,13,15-16H2,(H2,30,34)(H,32,35)/t22-/m0/s1. The van der Waals surface area contributed by atoms with E-state index in [2.05, 4.69) is 10.3 Å². The van der Waals surface area contributed by atoms with Crippen LogP contribution < -0.4 is 11.1 Å². The molecule has 1 aliphatic heterocycles. The average Bonchev–Trinajstić information content (AvgIpc) is 2.85. The van der Waals surface area contributed by atoms with Crippen molar-refractivity contribution in [3.63, 3.8) is 0 Å². The summed E-state index contributed by atoms with van der Waals surface area (Å²) in [6.45, 7) is 0.768. The number of carbonyl (C=O) groups is 2. The van der Waals surface area contributed by atoms with E-state index in [1.54, 1.807) is 11.1 Å². The summed E-state index contributed by atoms with van der Waals surface area (Å²) in [5.41, 5.74) is 8.53. The number of nitrogens with zero attached hydrogens (tertiary/aromatic N) is 2. The fourth-order valence-corrected chi connectivity index (χ4v) is 4.26. The van der Waals surface area contributed by atoms with Gasteiger partial charge in [0.25, 0.3) is 0 Å². The molecule has 4 rings (SSSR count). The summed E-state index contributed by atoms with van der Waals surface area (Å²) >= 11 is 0. The number of urea groups is 1. The van der Waals surface area contributed by atoms with Gasteiger partial charge in [-0.2, -0.15) is 13.2 Å². The molecule has 3 aromatic rings. The molecule has 2 aromatic carbocycles. The smallest absolute Gasteiger partial charge is 0.370 e. The molecule has 1 atom stereocenters. The highest BCUT2D eigenvalue weighted by Crippen LogP contribution is 2.33. The quantitative estimate of drug-likeness (QED) is 0.527. The number of aromatic nitrogens is 1. The first-order valence-electron chi connectivity index (χ1n) is 11.3. The van der Waals surface area contributed by atoms with Crippen LogP contribution in [0.2, 0.25) is 0 Å². The van der Waals surface area contributed by atoms with Crippen molar-refractivity contribution in [3.8, 4) is 11.3 Å². The van der Waals surface area contributed by atoms with Crippen molar-refractivity contribution in [3.05, 3.63) is 89.1 Å². The van der Waals surface area contributed by atoms with E-state index in [-0.39, 0.29) is 18.5 Å². The third-order valence-electron chi connectivity index (χ3n) is 6.10. The Kier molecular flexibility index (Phi) is 7.04. The molecule has 3 N–H and O–H groups in total. The lowest BCUT2D eigenvalue weighted by Gasteiger charge is -2.31. The van der Waals surface area contributed by atoms with E-state index in [4.69, 9.17) is 5.73 Å². The second kappa shape index (κ2) is 10.2. The van der Waals surface area contributed by atoms with Crippen LogP contribution >= 0.6 is 0 Å². The van der Waals surface area contributed by atoms with E-state index >= 15 is 0 Å². The topological polar surface area (TPSA) is 88.3 Å². The number of halogens is 3. The van der Waals surface area contributed by atoms with Gasteiger partial charge in [0.15, 0.2) is 0 Å². The number of carbonyl (C=O) groups excluding carboxylic acids is 2. The highest BCUT2D eigenvalue weighted by atomic mass is 19.4. The van der Waals surface area contributed by atoms with E-state index in [1.165, 1.54) is 12.1 Å². The number of hydrogen-bond donors (Lipinski definition) is 2. The SMILES string of the molecule is NC(=O)CC[C@H](NC(=O)N1CCc2c(ccnc2-c2ccc(C(F)(F)F)cc2)C1)c1ccccc1. The lowest BCUT2D eigenvalue weighted by Crippen LogP contribution is -2.44. The van der Waals surface area contributed by atoms with Gasteiger partial charge in [0, 0.05) is 31.3 Å². The lowest BCUT2D eigenvalue weighted by molar-refractivity contribution is -0.137. The number of amides is 3. The zero-order chi connectivity index (χ0) is 25.0. The highest BCUT2D eigenvalue weighted by Gasteiger charge is 2.30. The van der Waals surface area contributed by atoms with Gasteiger partial charge in [-0.1, -0.05) is 42.5 Å². The number of pyridine rings is 1. The van der Waals surface area contributed by atoms with Gasteiger partial charge in [-0.25, -0.2) is 4.79 Å². The van der Waals surface area contributed by atoms with Crippen molar-refractivity contribution >= 4 is 11.9 Å². The van der Waals surface area contributed by atoms with Gasteiger partial charge in [-0.15, -0.1) is 0 Å². The van der Waals surface area contributed by atoms with E-state index in [0.29, 0.717) is 37.2 Å². The van der Waals surface area contributed by atoms with Gasteiger partial charge in [-0.05, 0) is 47.7 Å². The summed E-state index contributed by atoms with van der Waals surface area (Å²) in [7, 11) is 0. The molecule has 35 heavy (non-hydrogen) atoms. The minimum absolute atomic E-state index is 0.144. The fraction of sp³-hybridized carbons (Fsp3) is 0.269. The third-order valence-corrected chi connectivity index (χ3v) is 6.10. The van der Waals surface area contributed by atoms with Crippen LogP contribution in [0.1, 0.15) is 41.1 Å². The molecule has 182 valence electrons. The lowest BCUT2D eigenvalue weighted by atomic mass is 9.94. The van der Waals surface area contributed by atoms with E-state index in [0.717, 1.165) is 28.8 Å². The summed E-state index contributed by atoms with van der Waals surface area (Å²) in [5, 5.41) is 3.01. The molecule has 1 aromatic heterocycles. The van der Waals surface area contributed by atoms with Crippen LogP contribution in [-0.4, -0.2) is 28.4 Å². The van der Waals surface area contributed by atoms with Crippen molar-refractivity contribution in [2.24, 2.45) is 5.73 Å². The molecule has 3 amide bonds. The molecule has 0 saturated heterocycles. The molecule has 9 heteroatoms. The number of hydrogen-bond acceptors (Lipinski definition) is 3. The monoisotopic (exact) mass is 482 g/mol. The van der Waals surface area contributed by atoms with E-state index < -0.39 is 17.6 Å². The molecular formula is C26H25F3N4O2. The first kappa shape index (κ1) is 24.3.